The Hall–Kier alpha value is -0.940. The summed E-state index contributed by atoms with van der Waals surface area (Å²) in [5, 5.41) is 3.55. The Morgan fingerprint density at radius 3 is 2.42 bits per heavy atom. The molecule has 33 heavy (non-hydrogen) atoms. The van der Waals surface area contributed by atoms with E-state index in [1.165, 1.54) is 37.2 Å². The molecule has 2 aliphatic heterocycles. The lowest BCUT2D eigenvalue weighted by molar-refractivity contribution is 0.00989. The predicted molar refractivity (Wildman–Crippen MR) is 146 cm³/mol. The number of hydrogen-bond donors (Lipinski definition) is 1. The summed E-state index contributed by atoms with van der Waals surface area (Å²) in [4.78, 5) is 11.9. The van der Waals surface area contributed by atoms with Crippen molar-refractivity contribution >= 4 is 29.9 Å². The van der Waals surface area contributed by atoms with Gasteiger partial charge in [-0.05, 0) is 56.9 Å². The Kier molecular flexibility index (Phi) is 13.6. The number of ether oxygens (including phenoxy) is 2. The fraction of sp³-hybridized carbons (Fsp3) is 0.720. The minimum absolute atomic E-state index is 0. The zero-order valence-corrected chi connectivity index (χ0v) is 23.1. The summed E-state index contributed by atoms with van der Waals surface area (Å²) in [6.45, 7) is 10.1. The molecule has 2 saturated heterocycles. The molecule has 1 aromatic rings. The number of rotatable bonds is 9. The molecule has 1 aromatic carbocycles. The van der Waals surface area contributed by atoms with Crippen molar-refractivity contribution in [2.24, 2.45) is 4.99 Å². The lowest BCUT2D eigenvalue weighted by atomic mass is 10.1. The molecule has 8 heteroatoms. The fourth-order valence-corrected chi connectivity index (χ4v) is 4.48. The smallest absolute Gasteiger partial charge is 0.193 e. The summed E-state index contributed by atoms with van der Waals surface area (Å²) in [5.74, 6) is 0.987. The van der Waals surface area contributed by atoms with E-state index in [0.29, 0.717) is 6.10 Å². The van der Waals surface area contributed by atoms with Crippen LogP contribution in [-0.4, -0.2) is 100 Å². The SMILES string of the molecule is CN=C(NCc1ccc(CN2CCCN(C)CC2)cc1)N1CCC(OCCCOC)CC1.I. The molecular weight excluding hydrogens is 529 g/mol. The van der Waals surface area contributed by atoms with E-state index in [4.69, 9.17) is 9.47 Å². The highest BCUT2D eigenvalue weighted by Crippen LogP contribution is 2.15. The summed E-state index contributed by atoms with van der Waals surface area (Å²) in [6.07, 6.45) is 4.69. The Balaban J connectivity index is 0.00000385. The molecule has 0 aliphatic carbocycles. The van der Waals surface area contributed by atoms with Crippen molar-refractivity contribution < 1.29 is 9.47 Å². The molecule has 1 N–H and O–H groups in total. The van der Waals surface area contributed by atoms with Gasteiger partial charge in [0.25, 0.3) is 0 Å². The lowest BCUT2D eigenvalue weighted by Crippen LogP contribution is -2.46. The van der Waals surface area contributed by atoms with Gasteiger partial charge in [-0.1, -0.05) is 24.3 Å². The van der Waals surface area contributed by atoms with Crippen molar-refractivity contribution in [2.75, 3.05) is 73.7 Å². The maximum atomic E-state index is 5.98. The molecule has 0 saturated carbocycles. The van der Waals surface area contributed by atoms with Gasteiger partial charge in [-0.2, -0.15) is 0 Å². The van der Waals surface area contributed by atoms with E-state index in [1.54, 1.807) is 7.11 Å². The van der Waals surface area contributed by atoms with Crippen LogP contribution in [0.3, 0.4) is 0 Å². The number of benzene rings is 1. The maximum absolute atomic E-state index is 5.98. The monoisotopic (exact) mass is 573 g/mol. The van der Waals surface area contributed by atoms with E-state index in [2.05, 4.69) is 56.3 Å². The van der Waals surface area contributed by atoms with Crippen LogP contribution < -0.4 is 5.32 Å². The van der Waals surface area contributed by atoms with Crippen molar-refractivity contribution in [1.82, 2.24) is 20.0 Å². The normalized spacial score (nSPS) is 19.2. The van der Waals surface area contributed by atoms with Gasteiger partial charge < -0.3 is 24.6 Å². The molecule has 2 fully saturated rings. The van der Waals surface area contributed by atoms with Crippen LogP contribution in [0.4, 0.5) is 0 Å². The molecule has 0 unspecified atom stereocenters. The van der Waals surface area contributed by atoms with Crippen LogP contribution in [-0.2, 0) is 22.6 Å². The quantitative estimate of drug-likeness (QED) is 0.212. The zero-order valence-electron chi connectivity index (χ0n) is 20.8. The van der Waals surface area contributed by atoms with E-state index in [0.717, 1.165) is 71.2 Å². The molecule has 188 valence electrons. The van der Waals surface area contributed by atoms with Crippen molar-refractivity contribution in [3.8, 4) is 0 Å². The van der Waals surface area contributed by atoms with Gasteiger partial charge in [0.15, 0.2) is 5.96 Å². The van der Waals surface area contributed by atoms with E-state index in [-0.39, 0.29) is 24.0 Å². The second-order valence-electron chi connectivity index (χ2n) is 9.05. The molecule has 0 bridgehead atoms. The number of aliphatic imine (C=N–C) groups is 1. The van der Waals surface area contributed by atoms with Gasteiger partial charge in [-0.25, -0.2) is 0 Å². The maximum Gasteiger partial charge on any atom is 0.193 e. The molecule has 0 amide bonds. The molecule has 2 heterocycles. The number of guanidine groups is 1. The highest BCUT2D eigenvalue weighted by molar-refractivity contribution is 14.0. The molecule has 0 atom stereocenters. The largest absolute Gasteiger partial charge is 0.385 e. The highest BCUT2D eigenvalue weighted by atomic mass is 127. The Labute approximate surface area is 217 Å². The third-order valence-electron chi connectivity index (χ3n) is 6.49. The molecule has 3 rings (SSSR count). The minimum Gasteiger partial charge on any atom is -0.385 e. The van der Waals surface area contributed by atoms with Gasteiger partial charge in [-0.3, -0.25) is 9.89 Å². The summed E-state index contributed by atoms with van der Waals surface area (Å²) in [7, 11) is 5.83. The van der Waals surface area contributed by atoms with Gasteiger partial charge >= 0.3 is 0 Å². The molecule has 0 spiro atoms. The number of nitrogens with one attached hydrogen (secondary N) is 1. The lowest BCUT2D eigenvalue weighted by Gasteiger charge is -2.34. The average molecular weight is 574 g/mol. The molecule has 0 radical (unpaired) electrons. The van der Waals surface area contributed by atoms with Crippen LogP contribution in [0.1, 0.15) is 36.8 Å². The fourth-order valence-electron chi connectivity index (χ4n) is 4.48. The first-order valence-corrected chi connectivity index (χ1v) is 12.2. The topological polar surface area (TPSA) is 52.6 Å². The number of methoxy groups -OCH3 is 1. The summed E-state index contributed by atoms with van der Waals surface area (Å²) in [6, 6.07) is 9.06. The van der Waals surface area contributed by atoms with Gasteiger partial charge in [0.2, 0.25) is 0 Å². The number of nitrogens with zero attached hydrogens (tertiary/aromatic N) is 4. The van der Waals surface area contributed by atoms with Crippen LogP contribution in [0.2, 0.25) is 0 Å². The van der Waals surface area contributed by atoms with Crippen LogP contribution >= 0.6 is 24.0 Å². The van der Waals surface area contributed by atoms with E-state index in [1.807, 2.05) is 7.05 Å². The third kappa shape index (κ3) is 10.1. The second-order valence-corrected chi connectivity index (χ2v) is 9.05. The van der Waals surface area contributed by atoms with E-state index in [9.17, 15) is 0 Å². The van der Waals surface area contributed by atoms with E-state index >= 15 is 0 Å². The number of likely N-dealkylation sites (tertiary alicyclic amines) is 1. The van der Waals surface area contributed by atoms with Crippen LogP contribution in [0.5, 0.6) is 0 Å². The van der Waals surface area contributed by atoms with Crippen molar-refractivity contribution in [1.29, 1.82) is 0 Å². The van der Waals surface area contributed by atoms with E-state index < -0.39 is 0 Å². The van der Waals surface area contributed by atoms with Crippen molar-refractivity contribution in [3.05, 3.63) is 35.4 Å². The summed E-state index contributed by atoms with van der Waals surface area (Å²) < 4.78 is 11.1. The van der Waals surface area contributed by atoms with Gasteiger partial charge in [0.05, 0.1) is 6.10 Å². The van der Waals surface area contributed by atoms with Crippen LogP contribution in [0.15, 0.2) is 29.3 Å². The second kappa shape index (κ2) is 15.9. The third-order valence-corrected chi connectivity index (χ3v) is 6.49. The number of hydrogen-bond acceptors (Lipinski definition) is 5. The number of piperidine rings is 1. The Morgan fingerprint density at radius 2 is 1.73 bits per heavy atom. The number of halogens is 1. The highest BCUT2D eigenvalue weighted by Gasteiger charge is 2.21. The standard InChI is InChI=1S/C25H43N5O2.HI/c1-26-25(30-14-10-24(11-15-30)32-19-5-18-31-3)27-20-22-6-8-23(9-7-22)21-29-13-4-12-28(2)16-17-29;/h6-9,24H,4-5,10-21H2,1-3H3,(H,26,27);1H. The van der Waals surface area contributed by atoms with Gasteiger partial charge in [0.1, 0.15) is 0 Å². The summed E-state index contributed by atoms with van der Waals surface area (Å²) >= 11 is 0. The van der Waals surface area contributed by atoms with Gasteiger partial charge in [0, 0.05) is 66.6 Å². The predicted octanol–water partition coefficient (Wildman–Crippen LogP) is 3.04. The first kappa shape index (κ1) is 28.3. The molecule has 0 aromatic heterocycles. The number of likely N-dealkylation sites (N-methyl/N-ethyl adjacent to an activating group) is 1. The molecular formula is C25H44IN5O2. The first-order valence-electron chi connectivity index (χ1n) is 12.2. The average Bonchev–Trinajstić information content (AvgIpc) is 3.03. The summed E-state index contributed by atoms with van der Waals surface area (Å²) in [5.41, 5.74) is 2.69. The minimum atomic E-state index is 0. The van der Waals surface area contributed by atoms with Gasteiger partial charge in [-0.15, -0.1) is 24.0 Å². The Morgan fingerprint density at radius 1 is 1.00 bits per heavy atom. The van der Waals surface area contributed by atoms with Crippen LogP contribution in [0.25, 0.3) is 0 Å². The Bertz CT molecular complexity index is 680. The van der Waals surface area contributed by atoms with Crippen molar-refractivity contribution in [3.63, 3.8) is 0 Å². The molecule has 2 aliphatic rings. The first-order chi connectivity index (χ1) is 15.7. The van der Waals surface area contributed by atoms with Crippen LogP contribution in [0, 0.1) is 0 Å². The zero-order chi connectivity index (χ0) is 22.6. The van der Waals surface area contributed by atoms with Crippen molar-refractivity contribution in [2.45, 2.75) is 44.9 Å². The molecule has 7 nitrogen and oxygen atoms in total.